The summed E-state index contributed by atoms with van der Waals surface area (Å²) in [6.45, 7) is 1.92. The first-order valence-electron chi connectivity index (χ1n) is 8.61. The largest absolute Gasteiger partial charge is 0.422 e. The van der Waals surface area contributed by atoms with Crippen molar-refractivity contribution in [2.24, 2.45) is 0 Å². The van der Waals surface area contributed by atoms with Crippen molar-refractivity contribution >= 4 is 34.4 Å². The lowest BCUT2D eigenvalue weighted by Crippen LogP contribution is -2.25. The first-order valence-corrected chi connectivity index (χ1v) is 8.99. The molecule has 6 nitrogen and oxygen atoms in total. The normalized spacial score (nSPS) is 16.4. The molecule has 1 amide bonds. The molecule has 0 saturated carbocycles. The van der Waals surface area contributed by atoms with Crippen LogP contribution in [0, 0.1) is 6.92 Å². The second kappa shape index (κ2) is 5.96. The van der Waals surface area contributed by atoms with Crippen LogP contribution in [0.1, 0.15) is 29.2 Å². The molecular weight excluding hydrogens is 364 g/mol. The minimum absolute atomic E-state index is 0.0789. The first kappa shape index (κ1) is 16.1. The Morgan fingerprint density at radius 3 is 2.89 bits per heavy atom. The van der Waals surface area contributed by atoms with Crippen molar-refractivity contribution in [3.8, 4) is 6.01 Å². The van der Waals surface area contributed by atoms with Gasteiger partial charge in [-0.25, -0.2) is 0 Å². The van der Waals surface area contributed by atoms with Crippen LogP contribution >= 0.6 is 11.6 Å². The van der Waals surface area contributed by atoms with Gasteiger partial charge in [0.05, 0.1) is 5.69 Å². The summed E-state index contributed by atoms with van der Waals surface area (Å²) in [6.07, 6.45) is 0.341. The average Bonchev–Trinajstić information content (AvgIpc) is 3.22. The van der Waals surface area contributed by atoms with Crippen LogP contribution in [0.15, 0.2) is 52.9 Å². The van der Waals surface area contributed by atoms with Crippen LogP contribution in [-0.2, 0) is 4.79 Å². The molecule has 5 rings (SSSR count). The van der Waals surface area contributed by atoms with Crippen LogP contribution in [0.5, 0.6) is 0 Å². The number of halogens is 1. The van der Waals surface area contributed by atoms with Crippen molar-refractivity contribution in [1.82, 2.24) is 14.8 Å². The second-order valence-corrected chi connectivity index (χ2v) is 7.02. The smallest absolute Gasteiger partial charge is 0.325 e. The molecule has 7 heteroatoms. The van der Waals surface area contributed by atoms with Gasteiger partial charge in [-0.2, -0.15) is 14.8 Å². The molecule has 0 aliphatic carbocycles. The summed E-state index contributed by atoms with van der Waals surface area (Å²) in [5.41, 5.74) is 4.17. The van der Waals surface area contributed by atoms with E-state index in [0.29, 0.717) is 28.9 Å². The number of benzene rings is 2. The molecule has 4 aromatic rings. The Balaban J connectivity index is 1.69. The third kappa shape index (κ3) is 2.61. The maximum atomic E-state index is 12.4. The summed E-state index contributed by atoms with van der Waals surface area (Å²) in [7, 11) is 0. The van der Waals surface area contributed by atoms with Gasteiger partial charge < -0.3 is 9.73 Å². The fourth-order valence-corrected chi connectivity index (χ4v) is 3.84. The molecule has 2 aromatic carbocycles. The molecule has 0 bridgehead atoms. The van der Waals surface area contributed by atoms with Crippen LogP contribution in [0.4, 0.5) is 5.82 Å². The van der Waals surface area contributed by atoms with E-state index in [4.69, 9.17) is 16.0 Å². The SMILES string of the molecule is Cc1nn(-c2nc3ccccc3o2)c2c1[C@H](c1cccc(Cl)c1)CC(=O)N2. The number of oxazole rings is 1. The van der Waals surface area contributed by atoms with Crippen molar-refractivity contribution in [3.05, 3.63) is 70.4 Å². The van der Waals surface area contributed by atoms with E-state index in [0.717, 1.165) is 22.3 Å². The zero-order valence-corrected chi connectivity index (χ0v) is 15.2. The molecule has 0 saturated heterocycles. The molecule has 1 N–H and O–H groups in total. The molecule has 0 unspecified atom stereocenters. The Bertz CT molecular complexity index is 1160. The number of carbonyl (C=O) groups excluding carboxylic acids is 1. The van der Waals surface area contributed by atoms with E-state index in [1.54, 1.807) is 4.68 Å². The highest BCUT2D eigenvalue weighted by atomic mass is 35.5. The maximum absolute atomic E-state index is 12.4. The van der Waals surface area contributed by atoms with Gasteiger partial charge in [0, 0.05) is 22.9 Å². The molecule has 1 aliphatic rings. The summed E-state index contributed by atoms with van der Waals surface area (Å²) in [4.78, 5) is 16.9. The Morgan fingerprint density at radius 1 is 1.22 bits per heavy atom. The highest BCUT2D eigenvalue weighted by Crippen LogP contribution is 2.40. The highest BCUT2D eigenvalue weighted by Gasteiger charge is 2.33. The van der Waals surface area contributed by atoms with E-state index < -0.39 is 0 Å². The van der Waals surface area contributed by atoms with Gasteiger partial charge in [-0.05, 0) is 36.8 Å². The lowest BCUT2D eigenvalue weighted by Gasteiger charge is -2.24. The Labute approximate surface area is 159 Å². The molecule has 0 spiro atoms. The number of para-hydroxylation sites is 2. The van der Waals surface area contributed by atoms with Gasteiger partial charge in [-0.1, -0.05) is 35.9 Å². The standard InChI is InChI=1S/C20H15ClN4O2/c1-11-18-14(12-5-4-6-13(21)9-12)10-17(26)23-19(18)25(24-11)20-22-15-7-2-3-8-16(15)27-20/h2-9,14H,10H2,1H3,(H,23,26)/t14-/m0/s1. The molecule has 27 heavy (non-hydrogen) atoms. The Kier molecular flexibility index (Phi) is 3.55. The number of hydrogen-bond acceptors (Lipinski definition) is 4. The van der Waals surface area contributed by atoms with Crippen LogP contribution in [0.2, 0.25) is 5.02 Å². The quantitative estimate of drug-likeness (QED) is 0.559. The highest BCUT2D eigenvalue weighted by molar-refractivity contribution is 6.30. The van der Waals surface area contributed by atoms with Crippen molar-refractivity contribution in [2.75, 3.05) is 5.32 Å². The predicted molar refractivity (Wildman–Crippen MR) is 102 cm³/mol. The molecule has 2 aromatic heterocycles. The second-order valence-electron chi connectivity index (χ2n) is 6.58. The van der Waals surface area contributed by atoms with E-state index in [-0.39, 0.29) is 11.8 Å². The van der Waals surface area contributed by atoms with Gasteiger partial charge in [-0.15, -0.1) is 0 Å². The number of rotatable bonds is 2. The third-order valence-corrected chi connectivity index (χ3v) is 5.05. The minimum atomic E-state index is -0.120. The summed E-state index contributed by atoms with van der Waals surface area (Å²) < 4.78 is 7.41. The summed E-state index contributed by atoms with van der Waals surface area (Å²) in [5.74, 6) is 0.399. The minimum Gasteiger partial charge on any atom is -0.422 e. The Morgan fingerprint density at radius 2 is 2.07 bits per heavy atom. The summed E-state index contributed by atoms with van der Waals surface area (Å²) >= 11 is 6.17. The van der Waals surface area contributed by atoms with Crippen LogP contribution in [0.3, 0.4) is 0 Å². The van der Waals surface area contributed by atoms with E-state index in [9.17, 15) is 4.79 Å². The Hall–Kier alpha value is -3.12. The maximum Gasteiger partial charge on any atom is 0.325 e. The fourth-order valence-electron chi connectivity index (χ4n) is 3.64. The van der Waals surface area contributed by atoms with Crippen LogP contribution in [-0.4, -0.2) is 20.7 Å². The number of carbonyl (C=O) groups is 1. The fraction of sp³-hybridized carbons (Fsp3) is 0.150. The number of aryl methyl sites for hydroxylation is 1. The van der Waals surface area contributed by atoms with E-state index in [2.05, 4.69) is 15.4 Å². The average molecular weight is 379 g/mol. The van der Waals surface area contributed by atoms with Gasteiger partial charge in [0.25, 0.3) is 0 Å². The topological polar surface area (TPSA) is 73.0 Å². The van der Waals surface area contributed by atoms with Crippen molar-refractivity contribution in [2.45, 2.75) is 19.3 Å². The van der Waals surface area contributed by atoms with Crippen LogP contribution < -0.4 is 5.32 Å². The van der Waals surface area contributed by atoms with Crippen molar-refractivity contribution in [1.29, 1.82) is 0 Å². The number of fused-ring (bicyclic) bond motifs is 2. The monoisotopic (exact) mass is 378 g/mol. The first-order chi connectivity index (χ1) is 13.1. The van der Waals surface area contributed by atoms with Gasteiger partial charge in [0.15, 0.2) is 5.58 Å². The molecule has 3 heterocycles. The van der Waals surface area contributed by atoms with Gasteiger partial charge in [0.1, 0.15) is 11.3 Å². The zero-order chi connectivity index (χ0) is 18.5. The predicted octanol–water partition coefficient (Wildman–Crippen LogP) is 4.45. The van der Waals surface area contributed by atoms with E-state index in [1.807, 2.05) is 55.5 Å². The van der Waals surface area contributed by atoms with E-state index in [1.165, 1.54) is 0 Å². The lowest BCUT2D eigenvalue weighted by molar-refractivity contribution is -0.116. The number of nitrogens with zero attached hydrogens (tertiary/aromatic N) is 3. The molecule has 1 atom stereocenters. The number of aromatic nitrogens is 3. The number of hydrogen-bond donors (Lipinski definition) is 1. The van der Waals surface area contributed by atoms with Gasteiger partial charge >= 0.3 is 6.01 Å². The lowest BCUT2D eigenvalue weighted by atomic mass is 9.86. The number of amides is 1. The molecule has 0 radical (unpaired) electrons. The van der Waals surface area contributed by atoms with Crippen molar-refractivity contribution in [3.63, 3.8) is 0 Å². The molecule has 0 fully saturated rings. The van der Waals surface area contributed by atoms with Crippen LogP contribution in [0.25, 0.3) is 17.1 Å². The third-order valence-electron chi connectivity index (χ3n) is 4.82. The van der Waals surface area contributed by atoms with Gasteiger partial charge in [-0.3, -0.25) is 4.79 Å². The molecular formula is C20H15ClN4O2. The van der Waals surface area contributed by atoms with E-state index >= 15 is 0 Å². The number of anilines is 1. The molecule has 134 valence electrons. The zero-order valence-electron chi connectivity index (χ0n) is 14.4. The number of nitrogens with one attached hydrogen (secondary N) is 1. The van der Waals surface area contributed by atoms with Gasteiger partial charge in [0.2, 0.25) is 5.91 Å². The summed E-state index contributed by atoms with van der Waals surface area (Å²) in [6, 6.07) is 15.4. The van der Waals surface area contributed by atoms with Crippen molar-refractivity contribution < 1.29 is 9.21 Å². The molecule has 1 aliphatic heterocycles. The summed E-state index contributed by atoms with van der Waals surface area (Å²) in [5, 5.41) is 8.18.